The van der Waals surface area contributed by atoms with Crippen LogP contribution in [-0.2, 0) is 24.0 Å². The first-order valence-electron chi connectivity index (χ1n) is 17.3. The number of Topliss-reactive ketones (excluding diaryl/α,β-unsaturated/α-hetero) is 5. The second kappa shape index (κ2) is 36.5. The first-order chi connectivity index (χ1) is 19.7. The Balaban J connectivity index is -0.000000140. The van der Waals surface area contributed by atoms with Crippen LogP contribution in [0.5, 0.6) is 0 Å². The SMILES string of the molecule is CC(=O)CCC(C)C.CC(=O)CCC(C)C.CCC(=O)CCC(C)C.CCC(=O)CCC(C)C.CCC(=O)CCC(C)C. The molecule has 5 heteroatoms. The molecule has 0 saturated carbocycles. The Morgan fingerprint density at radius 3 is 0.605 bits per heavy atom. The van der Waals surface area contributed by atoms with Crippen LogP contribution in [0.1, 0.15) is 187 Å². The molecule has 0 aromatic rings. The summed E-state index contributed by atoms with van der Waals surface area (Å²) in [5.41, 5.74) is 0. The number of carbonyl (C=O) groups is 5. The van der Waals surface area contributed by atoms with E-state index in [2.05, 4.69) is 69.2 Å². The molecular weight excluding hydrogens is 536 g/mol. The van der Waals surface area contributed by atoms with Crippen LogP contribution in [0.3, 0.4) is 0 Å². The zero-order chi connectivity index (χ0) is 35.0. The summed E-state index contributed by atoms with van der Waals surface area (Å²) in [4.78, 5) is 52.8. The van der Waals surface area contributed by atoms with Crippen LogP contribution in [0.15, 0.2) is 0 Å². The third-order valence-electron chi connectivity index (χ3n) is 6.33. The first kappa shape index (κ1) is 51.0. The topological polar surface area (TPSA) is 85.3 Å². The van der Waals surface area contributed by atoms with Crippen LogP contribution >= 0.6 is 0 Å². The summed E-state index contributed by atoms with van der Waals surface area (Å²) >= 11 is 0. The molecule has 0 rings (SSSR count). The van der Waals surface area contributed by atoms with Gasteiger partial charge in [0, 0.05) is 51.4 Å². The van der Waals surface area contributed by atoms with Crippen molar-refractivity contribution in [1.29, 1.82) is 0 Å². The Morgan fingerprint density at radius 1 is 0.349 bits per heavy atom. The molecule has 0 spiro atoms. The standard InChI is InChI=1S/3C8H16O.2C7H14O/c3*1-4-8(9)6-5-7(2)3;2*1-6(2)4-5-7(3)8/h3*7H,4-6H2,1-3H3;2*6H,4-5H2,1-3H3. The molecule has 0 aromatic carbocycles. The average molecular weight is 613 g/mol. The van der Waals surface area contributed by atoms with Gasteiger partial charge in [-0.05, 0) is 75.5 Å². The third-order valence-corrected chi connectivity index (χ3v) is 6.33. The van der Waals surface area contributed by atoms with E-state index >= 15 is 0 Å². The second-order valence-corrected chi connectivity index (χ2v) is 13.7. The zero-order valence-electron chi connectivity index (χ0n) is 31.6. The summed E-state index contributed by atoms with van der Waals surface area (Å²) in [5, 5.41) is 0. The predicted octanol–water partition coefficient (Wildman–Crippen LogP) is 11.2. The van der Waals surface area contributed by atoms with Gasteiger partial charge < -0.3 is 9.59 Å². The maximum Gasteiger partial charge on any atom is 0.132 e. The fourth-order valence-electron chi connectivity index (χ4n) is 2.86. The molecule has 5 nitrogen and oxygen atoms in total. The lowest BCUT2D eigenvalue weighted by Gasteiger charge is -2.00. The molecule has 0 unspecified atom stereocenters. The quantitative estimate of drug-likeness (QED) is 0.154. The van der Waals surface area contributed by atoms with Crippen molar-refractivity contribution in [3.05, 3.63) is 0 Å². The lowest BCUT2D eigenvalue weighted by molar-refractivity contribution is -0.119. The lowest BCUT2D eigenvalue weighted by Crippen LogP contribution is -1.97. The highest BCUT2D eigenvalue weighted by atomic mass is 16.1. The van der Waals surface area contributed by atoms with Crippen molar-refractivity contribution in [3.8, 4) is 0 Å². The molecule has 0 aromatic heterocycles. The van der Waals surface area contributed by atoms with Gasteiger partial charge in [0.1, 0.15) is 28.9 Å². The van der Waals surface area contributed by atoms with Gasteiger partial charge in [-0.25, -0.2) is 0 Å². The number of hydrogen-bond acceptors (Lipinski definition) is 5. The molecule has 258 valence electrons. The minimum Gasteiger partial charge on any atom is -0.300 e. The molecule has 0 aliphatic carbocycles. The molecule has 0 radical (unpaired) electrons. The lowest BCUT2D eigenvalue weighted by atomic mass is 10.1. The van der Waals surface area contributed by atoms with Crippen LogP contribution < -0.4 is 0 Å². The van der Waals surface area contributed by atoms with Crippen molar-refractivity contribution in [2.75, 3.05) is 0 Å². The van der Waals surface area contributed by atoms with E-state index in [-0.39, 0.29) is 0 Å². The highest BCUT2D eigenvalue weighted by Crippen LogP contribution is 2.06. The van der Waals surface area contributed by atoms with Crippen molar-refractivity contribution in [2.24, 2.45) is 29.6 Å². The van der Waals surface area contributed by atoms with E-state index in [1.165, 1.54) is 0 Å². The van der Waals surface area contributed by atoms with Crippen LogP contribution in [0.4, 0.5) is 0 Å². The average Bonchev–Trinajstić information content (AvgIpc) is 2.92. The maximum atomic E-state index is 10.7. The monoisotopic (exact) mass is 613 g/mol. The summed E-state index contributed by atoms with van der Waals surface area (Å²) in [6.07, 6.45) is 11.1. The van der Waals surface area contributed by atoms with Gasteiger partial charge in [-0.15, -0.1) is 0 Å². The van der Waals surface area contributed by atoms with E-state index in [4.69, 9.17) is 0 Å². The molecule has 43 heavy (non-hydrogen) atoms. The molecule has 0 N–H and O–H groups in total. The normalized spacial score (nSPS) is 10.1. The number of ketones is 5. The summed E-state index contributed by atoms with van der Waals surface area (Å²) < 4.78 is 0. The van der Waals surface area contributed by atoms with Gasteiger partial charge in [0.15, 0.2) is 0 Å². The van der Waals surface area contributed by atoms with Crippen molar-refractivity contribution < 1.29 is 24.0 Å². The molecular formula is C38H76O5. The fraction of sp³-hybridized carbons (Fsp3) is 0.868. The van der Waals surface area contributed by atoms with E-state index in [9.17, 15) is 24.0 Å². The molecule has 0 aliphatic rings. The molecule has 0 atom stereocenters. The minimum atomic E-state index is 0.304. The highest BCUT2D eigenvalue weighted by Gasteiger charge is 2.01. The van der Waals surface area contributed by atoms with Gasteiger partial charge in [-0.2, -0.15) is 0 Å². The van der Waals surface area contributed by atoms with Crippen molar-refractivity contribution in [2.45, 2.75) is 187 Å². The zero-order valence-corrected chi connectivity index (χ0v) is 31.6. The molecule has 0 bridgehead atoms. The van der Waals surface area contributed by atoms with E-state index in [1.807, 2.05) is 20.8 Å². The Bertz CT molecular complexity index is 593. The first-order valence-corrected chi connectivity index (χ1v) is 17.3. The van der Waals surface area contributed by atoms with Crippen LogP contribution in [0.25, 0.3) is 0 Å². The predicted molar refractivity (Wildman–Crippen MR) is 188 cm³/mol. The second-order valence-electron chi connectivity index (χ2n) is 13.7. The summed E-state index contributed by atoms with van der Waals surface area (Å²) in [5.74, 6) is 5.12. The van der Waals surface area contributed by atoms with E-state index in [0.717, 1.165) is 64.2 Å². The Labute approximate surface area is 269 Å². The summed E-state index contributed by atoms with van der Waals surface area (Å²) in [6.45, 7) is 30.4. The summed E-state index contributed by atoms with van der Waals surface area (Å²) in [7, 11) is 0. The molecule has 0 heterocycles. The number of carbonyl (C=O) groups excluding carboxylic acids is 5. The third kappa shape index (κ3) is 68.9. The van der Waals surface area contributed by atoms with Crippen LogP contribution in [0.2, 0.25) is 0 Å². The largest absolute Gasteiger partial charge is 0.300 e. The van der Waals surface area contributed by atoms with Gasteiger partial charge in [0.2, 0.25) is 0 Å². The summed E-state index contributed by atoms with van der Waals surface area (Å²) in [6, 6.07) is 0. The maximum absolute atomic E-state index is 10.7. The highest BCUT2D eigenvalue weighted by molar-refractivity contribution is 5.78. The number of hydrogen-bond donors (Lipinski definition) is 0. The Hall–Kier alpha value is -1.65. The van der Waals surface area contributed by atoms with Crippen LogP contribution in [-0.4, -0.2) is 28.9 Å². The smallest absolute Gasteiger partial charge is 0.132 e. The number of rotatable bonds is 18. The van der Waals surface area contributed by atoms with E-state index < -0.39 is 0 Å². The van der Waals surface area contributed by atoms with Gasteiger partial charge in [0.25, 0.3) is 0 Å². The van der Waals surface area contributed by atoms with Crippen molar-refractivity contribution >= 4 is 28.9 Å². The molecule has 0 fully saturated rings. The molecule has 0 amide bonds. The molecule has 0 saturated heterocycles. The van der Waals surface area contributed by atoms with Gasteiger partial charge in [-0.1, -0.05) is 90.0 Å². The fourth-order valence-corrected chi connectivity index (χ4v) is 2.86. The minimum absolute atomic E-state index is 0.304. The van der Waals surface area contributed by atoms with Crippen molar-refractivity contribution in [1.82, 2.24) is 0 Å². The van der Waals surface area contributed by atoms with Gasteiger partial charge in [0.05, 0.1) is 0 Å². The Morgan fingerprint density at radius 2 is 0.512 bits per heavy atom. The van der Waals surface area contributed by atoms with E-state index in [0.29, 0.717) is 77.8 Å². The van der Waals surface area contributed by atoms with Crippen molar-refractivity contribution in [3.63, 3.8) is 0 Å². The molecule has 0 aliphatic heterocycles. The van der Waals surface area contributed by atoms with Gasteiger partial charge in [-0.3, -0.25) is 14.4 Å². The van der Waals surface area contributed by atoms with Gasteiger partial charge >= 0.3 is 0 Å². The van der Waals surface area contributed by atoms with E-state index in [1.54, 1.807) is 13.8 Å². The van der Waals surface area contributed by atoms with Crippen LogP contribution in [0, 0.1) is 29.6 Å². The Kier molecular flexibility index (Phi) is 43.3.